The maximum absolute atomic E-state index is 13.0. The van der Waals surface area contributed by atoms with Crippen LogP contribution in [-0.4, -0.2) is 27.8 Å². The van der Waals surface area contributed by atoms with E-state index in [4.69, 9.17) is 0 Å². The maximum atomic E-state index is 13.0. The van der Waals surface area contributed by atoms with Crippen molar-refractivity contribution in [1.82, 2.24) is 15.5 Å². The fourth-order valence-electron chi connectivity index (χ4n) is 2.35. The third kappa shape index (κ3) is 3.22. The van der Waals surface area contributed by atoms with Crippen LogP contribution in [0.1, 0.15) is 22.8 Å². The van der Waals surface area contributed by atoms with E-state index in [1.165, 1.54) is 24.3 Å². The largest absolute Gasteiger partial charge is 0.384 e. The Bertz CT molecular complexity index is 840. The molecular formula is C17H16FN3O2. The van der Waals surface area contributed by atoms with Crippen LogP contribution in [0.5, 0.6) is 0 Å². The molecule has 0 fully saturated rings. The molecule has 0 saturated heterocycles. The number of aromatic nitrogens is 2. The molecule has 0 radical (unpaired) electrons. The summed E-state index contributed by atoms with van der Waals surface area (Å²) in [6.07, 6.45) is 1.64. The molecule has 1 atom stereocenters. The number of carbonyl (C=O) groups excluding carboxylic acids is 1. The third-order valence-corrected chi connectivity index (χ3v) is 3.76. The number of nitrogens with zero attached hydrogens (tertiary/aromatic N) is 1. The van der Waals surface area contributed by atoms with Gasteiger partial charge in [-0.05, 0) is 42.8 Å². The van der Waals surface area contributed by atoms with E-state index in [0.29, 0.717) is 11.1 Å². The Morgan fingerprint density at radius 1 is 1.30 bits per heavy atom. The molecule has 0 saturated carbocycles. The number of aliphatic hydroxyl groups is 1. The summed E-state index contributed by atoms with van der Waals surface area (Å²) in [5, 5.41) is 20.7. The Morgan fingerprint density at radius 3 is 2.78 bits per heavy atom. The molecule has 3 rings (SSSR count). The molecule has 5 nitrogen and oxygen atoms in total. The van der Waals surface area contributed by atoms with Gasteiger partial charge in [-0.2, -0.15) is 5.10 Å². The van der Waals surface area contributed by atoms with Crippen molar-refractivity contribution in [2.75, 3.05) is 6.54 Å². The molecule has 0 aliphatic heterocycles. The number of nitrogens with one attached hydrogen (secondary N) is 2. The first-order valence-electron chi connectivity index (χ1n) is 7.15. The number of fused-ring (bicyclic) bond motifs is 1. The summed E-state index contributed by atoms with van der Waals surface area (Å²) in [7, 11) is 0. The fraction of sp³-hybridized carbons (Fsp3) is 0.176. The van der Waals surface area contributed by atoms with E-state index in [0.717, 1.165) is 10.9 Å². The van der Waals surface area contributed by atoms with Gasteiger partial charge in [0.2, 0.25) is 0 Å². The molecule has 3 aromatic rings. The van der Waals surface area contributed by atoms with Crippen molar-refractivity contribution in [3.05, 3.63) is 65.6 Å². The zero-order valence-corrected chi connectivity index (χ0v) is 12.5. The number of rotatable bonds is 4. The van der Waals surface area contributed by atoms with Crippen molar-refractivity contribution in [3.8, 4) is 0 Å². The van der Waals surface area contributed by atoms with Crippen molar-refractivity contribution < 1.29 is 14.3 Å². The zero-order valence-electron chi connectivity index (χ0n) is 12.5. The van der Waals surface area contributed by atoms with Gasteiger partial charge in [-0.15, -0.1) is 0 Å². The fourth-order valence-corrected chi connectivity index (χ4v) is 2.35. The van der Waals surface area contributed by atoms with Gasteiger partial charge in [-0.25, -0.2) is 4.39 Å². The number of halogens is 1. The average Bonchev–Trinajstić information content (AvgIpc) is 3.00. The molecule has 23 heavy (non-hydrogen) atoms. The third-order valence-electron chi connectivity index (χ3n) is 3.76. The molecule has 2 aromatic carbocycles. The number of aromatic amines is 1. The summed E-state index contributed by atoms with van der Waals surface area (Å²) in [6.45, 7) is 1.58. The average molecular weight is 313 g/mol. The van der Waals surface area contributed by atoms with Crippen LogP contribution in [0, 0.1) is 5.82 Å². The summed E-state index contributed by atoms with van der Waals surface area (Å²) in [5.74, 6) is -0.669. The molecule has 3 N–H and O–H groups in total. The van der Waals surface area contributed by atoms with Crippen molar-refractivity contribution in [3.63, 3.8) is 0 Å². The first-order chi connectivity index (χ1) is 11.0. The Kier molecular flexibility index (Phi) is 3.83. The Morgan fingerprint density at radius 2 is 2.04 bits per heavy atom. The first kappa shape index (κ1) is 15.2. The maximum Gasteiger partial charge on any atom is 0.251 e. The zero-order chi connectivity index (χ0) is 16.4. The van der Waals surface area contributed by atoms with Gasteiger partial charge in [0.15, 0.2) is 0 Å². The molecule has 1 unspecified atom stereocenters. The highest BCUT2D eigenvalue weighted by molar-refractivity contribution is 5.97. The van der Waals surface area contributed by atoms with Crippen LogP contribution in [-0.2, 0) is 5.60 Å². The van der Waals surface area contributed by atoms with Gasteiger partial charge in [0.05, 0.1) is 18.3 Å². The number of hydrogen-bond donors (Lipinski definition) is 3. The molecule has 118 valence electrons. The lowest BCUT2D eigenvalue weighted by molar-refractivity contribution is 0.0526. The molecule has 0 spiro atoms. The molecule has 1 aromatic heterocycles. The lowest BCUT2D eigenvalue weighted by atomic mass is 9.96. The van der Waals surface area contributed by atoms with Crippen LogP contribution in [0.15, 0.2) is 48.7 Å². The number of hydrogen-bond acceptors (Lipinski definition) is 3. The topological polar surface area (TPSA) is 78.0 Å². The summed E-state index contributed by atoms with van der Waals surface area (Å²) >= 11 is 0. The quantitative estimate of drug-likeness (QED) is 0.692. The lowest BCUT2D eigenvalue weighted by Gasteiger charge is -2.24. The van der Waals surface area contributed by atoms with Crippen molar-refractivity contribution in [2.45, 2.75) is 12.5 Å². The molecule has 0 aliphatic rings. The van der Waals surface area contributed by atoms with Gasteiger partial charge in [0, 0.05) is 10.9 Å². The highest BCUT2D eigenvalue weighted by Gasteiger charge is 2.24. The second-order valence-corrected chi connectivity index (χ2v) is 5.64. The number of benzene rings is 2. The summed E-state index contributed by atoms with van der Waals surface area (Å²) in [5.41, 5.74) is 0.571. The minimum absolute atomic E-state index is 0.0148. The number of H-pyrrole nitrogens is 1. The van der Waals surface area contributed by atoms with Crippen molar-refractivity contribution in [1.29, 1.82) is 0 Å². The van der Waals surface area contributed by atoms with E-state index >= 15 is 0 Å². The van der Waals surface area contributed by atoms with Gasteiger partial charge >= 0.3 is 0 Å². The second kappa shape index (κ2) is 5.81. The van der Waals surface area contributed by atoms with Crippen LogP contribution in [0.25, 0.3) is 10.9 Å². The van der Waals surface area contributed by atoms with E-state index < -0.39 is 5.60 Å². The minimum atomic E-state index is -1.29. The van der Waals surface area contributed by atoms with E-state index in [9.17, 15) is 14.3 Å². The molecular weight excluding hydrogens is 297 g/mol. The van der Waals surface area contributed by atoms with Gasteiger partial charge in [-0.1, -0.05) is 12.1 Å². The van der Waals surface area contributed by atoms with E-state index in [1.807, 2.05) is 0 Å². The Balaban J connectivity index is 1.71. The lowest BCUT2D eigenvalue weighted by Crippen LogP contribution is -2.38. The normalized spacial score (nSPS) is 13.7. The highest BCUT2D eigenvalue weighted by Crippen LogP contribution is 2.20. The van der Waals surface area contributed by atoms with Crippen molar-refractivity contribution >= 4 is 16.8 Å². The minimum Gasteiger partial charge on any atom is -0.384 e. The molecule has 0 bridgehead atoms. The van der Waals surface area contributed by atoms with Crippen molar-refractivity contribution in [2.24, 2.45) is 0 Å². The van der Waals surface area contributed by atoms with E-state index in [1.54, 1.807) is 31.3 Å². The van der Waals surface area contributed by atoms with E-state index in [2.05, 4.69) is 15.5 Å². The van der Waals surface area contributed by atoms with Crippen LogP contribution in [0.3, 0.4) is 0 Å². The molecule has 1 amide bonds. The predicted octanol–water partition coefficient (Wildman–Crippen LogP) is 2.34. The van der Waals surface area contributed by atoms with Crippen LogP contribution in [0.4, 0.5) is 4.39 Å². The van der Waals surface area contributed by atoms with Crippen LogP contribution >= 0.6 is 0 Å². The van der Waals surface area contributed by atoms with Crippen LogP contribution in [0.2, 0.25) is 0 Å². The van der Waals surface area contributed by atoms with Gasteiger partial charge in [-0.3, -0.25) is 9.89 Å². The first-order valence-corrected chi connectivity index (χ1v) is 7.15. The summed E-state index contributed by atoms with van der Waals surface area (Å²) in [4.78, 5) is 12.2. The monoisotopic (exact) mass is 313 g/mol. The highest BCUT2D eigenvalue weighted by atomic mass is 19.1. The Hall–Kier alpha value is -2.73. The van der Waals surface area contributed by atoms with Gasteiger partial charge < -0.3 is 10.4 Å². The van der Waals surface area contributed by atoms with Gasteiger partial charge in [0.1, 0.15) is 11.4 Å². The molecule has 6 heteroatoms. The Labute approximate surface area is 132 Å². The van der Waals surface area contributed by atoms with Crippen LogP contribution < -0.4 is 5.32 Å². The second-order valence-electron chi connectivity index (χ2n) is 5.64. The van der Waals surface area contributed by atoms with E-state index in [-0.39, 0.29) is 18.3 Å². The summed E-state index contributed by atoms with van der Waals surface area (Å²) in [6, 6.07) is 10.7. The molecule has 1 heterocycles. The smallest absolute Gasteiger partial charge is 0.251 e. The standard InChI is InChI=1S/C17H16FN3O2/c1-17(23,13-3-5-14(18)6-4-13)10-19-16(22)11-2-7-15-12(8-11)9-20-21-15/h2-9,23H,10H2,1H3,(H,19,22)(H,20,21). The SMILES string of the molecule is CC(O)(CNC(=O)c1ccc2[nH]ncc2c1)c1ccc(F)cc1. The van der Waals surface area contributed by atoms with Gasteiger partial charge in [0.25, 0.3) is 5.91 Å². The molecule has 0 aliphatic carbocycles. The summed E-state index contributed by atoms with van der Waals surface area (Å²) < 4.78 is 13.0. The number of amides is 1. The number of carbonyl (C=O) groups is 1. The predicted molar refractivity (Wildman–Crippen MR) is 84.4 cm³/mol.